The lowest BCUT2D eigenvalue weighted by molar-refractivity contribution is 0.510. The highest BCUT2D eigenvalue weighted by Crippen LogP contribution is 2.19. The summed E-state index contributed by atoms with van der Waals surface area (Å²) in [5, 5.41) is 0. The van der Waals surface area contributed by atoms with Crippen LogP contribution in [0, 0.1) is 0 Å². The van der Waals surface area contributed by atoms with E-state index in [1.54, 1.807) is 20.8 Å². The smallest absolute Gasteiger partial charge is 0.0474 e. The van der Waals surface area contributed by atoms with Crippen molar-refractivity contribution in [2.75, 3.05) is 0 Å². The van der Waals surface area contributed by atoms with Gasteiger partial charge in [-0.3, -0.25) is 4.21 Å². The molecule has 0 N–H and O–H groups in total. The lowest BCUT2D eigenvalue weighted by atomic mass is 10.1. The Bertz CT molecular complexity index is 133. The van der Waals surface area contributed by atoms with Gasteiger partial charge in [0.25, 0.3) is 0 Å². The van der Waals surface area contributed by atoms with Gasteiger partial charge >= 0.3 is 0 Å². The largest absolute Gasteiger partial charge is 0.772 e. The number of rotatable bonds is 2. The van der Waals surface area contributed by atoms with Crippen LogP contribution in [-0.4, -0.2) is 13.5 Å². The third-order valence-corrected chi connectivity index (χ3v) is 2.63. The molecule has 0 aromatic carbocycles. The second-order valence-electron chi connectivity index (χ2n) is 2.53. The molecule has 9 heavy (non-hydrogen) atoms. The zero-order valence-electron chi connectivity index (χ0n) is 5.93. The molecule has 0 rings (SSSR count). The second kappa shape index (κ2) is 2.62. The van der Waals surface area contributed by atoms with Gasteiger partial charge in [0.1, 0.15) is 0 Å². The molecule has 0 saturated carbocycles. The molecule has 54 valence electrons. The zero-order valence-corrected chi connectivity index (χ0v) is 6.75. The van der Waals surface area contributed by atoms with Crippen molar-refractivity contribution in [3.63, 3.8) is 0 Å². The van der Waals surface area contributed by atoms with Gasteiger partial charge in [0.2, 0.25) is 0 Å². The summed E-state index contributed by atoms with van der Waals surface area (Å²) in [5.74, 6) is 0. The minimum atomic E-state index is -2.06. The summed E-state index contributed by atoms with van der Waals surface area (Å²) in [6.07, 6.45) is 0. The molecule has 1 unspecified atom stereocenters. The summed E-state index contributed by atoms with van der Waals surface area (Å²) in [5.41, 5.74) is 0.663. The van der Waals surface area contributed by atoms with Crippen molar-refractivity contribution >= 4 is 11.1 Å². The van der Waals surface area contributed by atoms with Crippen LogP contribution in [0.2, 0.25) is 0 Å². The van der Waals surface area contributed by atoms with Crippen molar-refractivity contribution in [1.82, 2.24) is 0 Å². The molecular formula is C6H11O2S-. The average molecular weight is 147 g/mol. The van der Waals surface area contributed by atoms with E-state index in [1.165, 1.54) is 0 Å². The highest BCUT2D eigenvalue weighted by Gasteiger charge is 2.18. The summed E-state index contributed by atoms with van der Waals surface area (Å²) >= 11 is -2.06. The third kappa shape index (κ3) is 1.91. The lowest BCUT2D eigenvalue weighted by Crippen LogP contribution is -2.26. The first kappa shape index (κ1) is 8.85. The molecule has 0 fully saturated rings. The van der Waals surface area contributed by atoms with Gasteiger partial charge in [-0.05, 0) is 31.9 Å². The third-order valence-electron chi connectivity index (χ3n) is 1.44. The summed E-state index contributed by atoms with van der Waals surface area (Å²) < 4.78 is 20.0. The van der Waals surface area contributed by atoms with Crippen molar-refractivity contribution in [1.29, 1.82) is 0 Å². The summed E-state index contributed by atoms with van der Waals surface area (Å²) in [4.78, 5) is 0. The van der Waals surface area contributed by atoms with E-state index in [2.05, 4.69) is 6.58 Å². The minimum absolute atomic E-state index is 0.663. The molecule has 0 aliphatic carbocycles. The topological polar surface area (TPSA) is 40.1 Å². The first-order valence-corrected chi connectivity index (χ1v) is 3.72. The number of hydrogen-bond acceptors (Lipinski definition) is 2. The fourth-order valence-corrected chi connectivity index (χ4v) is 0.427. The molecule has 0 aromatic rings. The summed E-state index contributed by atoms with van der Waals surface area (Å²) in [6.45, 7) is 8.51. The van der Waals surface area contributed by atoms with Crippen LogP contribution in [0.15, 0.2) is 12.2 Å². The molecule has 3 heteroatoms. The fraction of sp³-hybridized carbons (Fsp3) is 0.667. The minimum Gasteiger partial charge on any atom is -0.772 e. The highest BCUT2D eigenvalue weighted by molar-refractivity contribution is 7.80. The normalized spacial score (nSPS) is 15.1. The Labute approximate surface area is 58.3 Å². The maximum absolute atomic E-state index is 10.4. The summed E-state index contributed by atoms with van der Waals surface area (Å²) in [6, 6.07) is 0. The van der Waals surface area contributed by atoms with Crippen molar-refractivity contribution in [2.24, 2.45) is 0 Å². The molecule has 0 saturated heterocycles. The van der Waals surface area contributed by atoms with Gasteiger partial charge in [-0.1, -0.05) is 12.2 Å². The van der Waals surface area contributed by atoms with E-state index in [9.17, 15) is 8.76 Å². The molecule has 0 aromatic heterocycles. The molecule has 1 atom stereocenters. The van der Waals surface area contributed by atoms with E-state index in [4.69, 9.17) is 0 Å². The molecule has 0 spiro atoms. The molecule has 0 aliphatic heterocycles. The Balaban J connectivity index is 4.38. The number of hydrogen-bond donors (Lipinski definition) is 0. The van der Waals surface area contributed by atoms with Crippen molar-refractivity contribution in [3.05, 3.63) is 12.2 Å². The van der Waals surface area contributed by atoms with Crippen LogP contribution in [-0.2, 0) is 11.1 Å². The molecule has 0 aliphatic rings. The predicted molar refractivity (Wildman–Crippen MR) is 37.8 cm³/mol. The maximum Gasteiger partial charge on any atom is 0.0474 e. The zero-order chi connectivity index (χ0) is 7.65. The average Bonchev–Trinajstić information content (AvgIpc) is 1.65. The van der Waals surface area contributed by atoms with E-state index < -0.39 is 15.8 Å². The molecule has 0 heterocycles. The quantitative estimate of drug-likeness (QED) is 0.435. The Morgan fingerprint density at radius 2 is 2.00 bits per heavy atom. The van der Waals surface area contributed by atoms with Gasteiger partial charge in [-0.25, -0.2) is 0 Å². The van der Waals surface area contributed by atoms with Crippen LogP contribution < -0.4 is 0 Å². The SMILES string of the molecule is C=C(C)C(C)(C)S(=O)[O-]. The van der Waals surface area contributed by atoms with E-state index in [0.29, 0.717) is 5.57 Å². The van der Waals surface area contributed by atoms with Gasteiger partial charge in [0.05, 0.1) is 0 Å². The standard InChI is InChI=1S/C6H12O2S/c1-5(2)6(3,4)9(7)8/h1H2,2-4H3,(H,7,8)/p-1. The molecule has 0 amide bonds. The van der Waals surface area contributed by atoms with Gasteiger partial charge in [-0.15, -0.1) is 0 Å². The molecule has 2 nitrogen and oxygen atoms in total. The highest BCUT2D eigenvalue weighted by atomic mass is 32.2. The monoisotopic (exact) mass is 147 g/mol. The van der Waals surface area contributed by atoms with Crippen molar-refractivity contribution in [2.45, 2.75) is 25.5 Å². The Hall–Kier alpha value is -0.150. The first-order chi connectivity index (χ1) is 3.89. The van der Waals surface area contributed by atoms with Crippen LogP contribution >= 0.6 is 0 Å². The Kier molecular flexibility index (Phi) is 2.58. The molecular weight excluding hydrogens is 136 g/mol. The van der Waals surface area contributed by atoms with Crippen molar-refractivity contribution in [3.8, 4) is 0 Å². The Morgan fingerprint density at radius 1 is 1.67 bits per heavy atom. The maximum atomic E-state index is 10.4. The Morgan fingerprint density at radius 3 is 2.00 bits per heavy atom. The van der Waals surface area contributed by atoms with E-state index in [-0.39, 0.29) is 0 Å². The van der Waals surface area contributed by atoms with Crippen LogP contribution in [0.4, 0.5) is 0 Å². The van der Waals surface area contributed by atoms with Crippen LogP contribution in [0.5, 0.6) is 0 Å². The van der Waals surface area contributed by atoms with Gasteiger partial charge in [-0.2, -0.15) is 0 Å². The lowest BCUT2D eigenvalue weighted by Gasteiger charge is -2.27. The van der Waals surface area contributed by atoms with Crippen molar-refractivity contribution < 1.29 is 8.76 Å². The predicted octanol–water partition coefficient (Wildman–Crippen LogP) is 1.22. The summed E-state index contributed by atoms with van der Waals surface area (Å²) in [7, 11) is 0. The van der Waals surface area contributed by atoms with E-state index in [1.807, 2.05) is 0 Å². The molecule has 0 bridgehead atoms. The van der Waals surface area contributed by atoms with Crippen LogP contribution in [0.1, 0.15) is 20.8 Å². The van der Waals surface area contributed by atoms with Gasteiger partial charge in [0, 0.05) is 4.75 Å². The van der Waals surface area contributed by atoms with Crippen LogP contribution in [0.25, 0.3) is 0 Å². The van der Waals surface area contributed by atoms with Gasteiger partial charge < -0.3 is 4.55 Å². The fourth-order valence-electron chi connectivity index (χ4n) is 0.142. The van der Waals surface area contributed by atoms with E-state index >= 15 is 0 Å². The van der Waals surface area contributed by atoms with Gasteiger partial charge in [0.15, 0.2) is 0 Å². The second-order valence-corrected chi connectivity index (χ2v) is 4.02. The van der Waals surface area contributed by atoms with E-state index in [0.717, 1.165) is 0 Å². The van der Waals surface area contributed by atoms with Crippen LogP contribution in [0.3, 0.4) is 0 Å². The first-order valence-electron chi connectivity index (χ1n) is 2.64. The molecule has 0 radical (unpaired) electrons.